The van der Waals surface area contributed by atoms with Crippen molar-refractivity contribution in [2.24, 2.45) is 16.5 Å². The molecule has 0 aliphatic carbocycles. The Balaban J connectivity index is 3.38. The molecular weight excluding hydrogens is 326 g/mol. The van der Waals surface area contributed by atoms with E-state index >= 15 is 0 Å². The largest absolute Gasteiger partial charge is 0.370 e. The Kier molecular flexibility index (Phi) is 6.98. The van der Waals surface area contributed by atoms with Gasteiger partial charge in [0, 0.05) is 11.8 Å². The second-order valence-electron chi connectivity index (χ2n) is 5.57. The third-order valence-corrected chi connectivity index (χ3v) is 4.70. The topological polar surface area (TPSA) is 116 Å². The first kappa shape index (κ1) is 19.7. The number of nitrogens with zero attached hydrogens (tertiary/aromatic N) is 1. The molecule has 0 saturated carbocycles. The summed E-state index contributed by atoms with van der Waals surface area (Å²) in [5.74, 6) is 1.24. The van der Waals surface area contributed by atoms with Crippen LogP contribution in [0.25, 0.3) is 0 Å². The van der Waals surface area contributed by atoms with E-state index in [0.29, 0.717) is 12.0 Å². The molecule has 7 heteroatoms. The Morgan fingerprint density at radius 1 is 1.25 bits per heavy atom. The van der Waals surface area contributed by atoms with Gasteiger partial charge in [0.1, 0.15) is 0 Å². The van der Waals surface area contributed by atoms with E-state index < -0.39 is 21.7 Å². The maximum absolute atomic E-state index is 12.1. The minimum Gasteiger partial charge on any atom is -0.370 e. The molecule has 0 aliphatic rings. The van der Waals surface area contributed by atoms with Gasteiger partial charge in [-0.25, -0.2) is 8.42 Å². The third-order valence-electron chi connectivity index (χ3n) is 3.52. The van der Waals surface area contributed by atoms with Gasteiger partial charge in [-0.1, -0.05) is 32.1 Å². The Labute approximate surface area is 143 Å². The number of rotatable bonds is 7. The maximum Gasteiger partial charge on any atom is 0.281 e. The summed E-state index contributed by atoms with van der Waals surface area (Å²) in [6.45, 7) is 2.10. The molecule has 0 fully saturated rings. The molecule has 0 bridgehead atoms. The maximum atomic E-state index is 12.1. The molecule has 0 spiro atoms. The van der Waals surface area contributed by atoms with E-state index in [1.54, 1.807) is 6.07 Å². The van der Waals surface area contributed by atoms with Crippen molar-refractivity contribution in [3.63, 3.8) is 0 Å². The number of nitrogens with two attached hydrogens (primary N) is 2. The number of unbranched alkanes of at least 4 members (excludes halogenated alkanes) is 3. The SMILES string of the molecule is C#Cc1cc(CCCCCC)c(S(C)(=O)=O)cc1C(=O)N=C(N)N. The first-order valence-electron chi connectivity index (χ1n) is 7.68. The predicted octanol–water partition coefficient (Wildman–Crippen LogP) is 1.61. The molecule has 0 radical (unpaired) electrons. The average molecular weight is 349 g/mol. The van der Waals surface area contributed by atoms with Crippen LogP contribution in [0, 0.1) is 12.3 Å². The smallest absolute Gasteiger partial charge is 0.281 e. The molecule has 0 unspecified atom stereocenters. The second-order valence-corrected chi connectivity index (χ2v) is 7.56. The van der Waals surface area contributed by atoms with E-state index in [0.717, 1.165) is 31.9 Å². The van der Waals surface area contributed by atoms with Crippen LogP contribution in [0.15, 0.2) is 22.0 Å². The predicted molar refractivity (Wildman–Crippen MR) is 95.5 cm³/mol. The Morgan fingerprint density at radius 2 is 1.92 bits per heavy atom. The van der Waals surface area contributed by atoms with Gasteiger partial charge in [-0.3, -0.25) is 4.79 Å². The number of hydrogen-bond acceptors (Lipinski definition) is 3. The molecule has 0 saturated heterocycles. The molecule has 24 heavy (non-hydrogen) atoms. The van der Waals surface area contributed by atoms with Gasteiger partial charge in [-0.05, 0) is 30.5 Å². The van der Waals surface area contributed by atoms with Crippen LogP contribution >= 0.6 is 0 Å². The van der Waals surface area contributed by atoms with Crippen LogP contribution in [0.1, 0.15) is 54.1 Å². The van der Waals surface area contributed by atoms with Crippen molar-refractivity contribution in [1.29, 1.82) is 0 Å². The van der Waals surface area contributed by atoms with E-state index in [1.807, 2.05) is 0 Å². The van der Waals surface area contributed by atoms with E-state index in [9.17, 15) is 13.2 Å². The zero-order valence-electron chi connectivity index (χ0n) is 14.0. The Bertz CT molecular complexity index is 786. The molecule has 1 amide bonds. The summed E-state index contributed by atoms with van der Waals surface area (Å²) < 4.78 is 24.2. The lowest BCUT2D eigenvalue weighted by molar-refractivity contribution is 0.100. The molecule has 0 aromatic heterocycles. The van der Waals surface area contributed by atoms with Crippen molar-refractivity contribution in [1.82, 2.24) is 0 Å². The quantitative estimate of drug-likeness (QED) is 0.336. The first-order valence-corrected chi connectivity index (χ1v) is 9.57. The third kappa shape index (κ3) is 5.39. The molecular formula is C17H23N3O3S. The van der Waals surface area contributed by atoms with Gasteiger partial charge in [0.15, 0.2) is 15.8 Å². The number of guanidine groups is 1. The summed E-state index contributed by atoms with van der Waals surface area (Å²) in [6.07, 6.45) is 11.2. The number of amides is 1. The Hall–Kier alpha value is -2.33. The van der Waals surface area contributed by atoms with Crippen LogP contribution in [0.2, 0.25) is 0 Å². The normalized spacial score (nSPS) is 10.9. The number of aryl methyl sites for hydroxylation is 1. The van der Waals surface area contributed by atoms with Crippen LogP contribution in [-0.4, -0.2) is 26.5 Å². The highest BCUT2D eigenvalue weighted by molar-refractivity contribution is 7.90. The van der Waals surface area contributed by atoms with Gasteiger partial charge in [-0.2, -0.15) is 4.99 Å². The van der Waals surface area contributed by atoms with E-state index in [-0.39, 0.29) is 16.0 Å². The summed E-state index contributed by atoms with van der Waals surface area (Å²) in [7, 11) is -3.52. The Morgan fingerprint density at radius 3 is 2.42 bits per heavy atom. The zero-order valence-corrected chi connectivity index (χ0v) is 14.8. The number of benzene rings is 1. The van der Waals surface area contributed by atoms with E-state index in [4.69, 9.17) is 17.9 Å². The number of hydrogen-bond donors (Lipinski definition) is 2. The minimum absolute atomic E-state index is 0.00336. The molecule has 1 aromatic carbocycles. The highest BCUT2D eigenvalue weighted by atomic mass is 32.2. The molecule has 130 valence electrons. The first-order chi connectivity index (χ1) is 11.2. The highest BCUT2D eigenvalue weighted by Crippen LogP contribution is 2.24. The fourth-order valence-corrected chi connectivity index (χ4v) is 3.35. The van der Waals surface area contributed by atoms with Crippen LogP contribution in [0.5, 0.6) is 0 Å². The van der Waals surface area contributed by atoms with Crippen molar-refractivity contribution >= 4 is 21.7 Å². The highest BCUT2D eigenvalue weighted by Gasteiger charge is 2.20. The van der Waals surface area contributed by atoms with E-state index in [2.05, 4.69) is 17.8 Å². The van der Waals surface area contributed by atoms with Gasteiger partial charge in [0.25, 0.3) is 5.91 Å². The van der Waals surface area contributed by atoms with Crippen molar-refractivity contribution in [2.75, 3.05) is 6.26 Å². The van der Waals surface area contributed by atoms with Crippen molar-refractivity contribution < 1.29 is 13.2 Å². The monoisotopic (exact) mass is 349 g/mol. The molecule has 0 atom stereocenters. The van der Waals surface area contributed by atoms with Gasteiger partial charge in [-0.15, -0.1) is 6.42 Å². The summed E-state index contributed by atoms with van der Waals surface area (Å²) in [4.78, 5) is 15.6. The van der Waals surface area contributed by atoms with Crippen LogP contribution in [0.3, 0.4) is 0 Å². The standard InChI is InChI=1S/C17H23N3O3S/c1-4-6-7-8-9-13-10-12(5-2)14(16(21)20-17(18)19)11-15(13)24(3,22)23/h2,10-11H,4,6-9H2,1,3H3,(H4,18,19,20,21). The summed E-state index contributed by atoms with van der Waals surface area (Å²) >= 11 is 0. The van der Waals surface area contributed by atoms with Gasteiger partial charge < -0.3 is 11.5 Å². The van der Waals surface area contributed by atoms with Crippen LogP contribution in [-0.2, 0) is 16.3 Å². The van der Waals surface area contributed by atoms with Gasteiger partial charge in [0.2, 0.25) is 0 Å². The minimum atomic E-state index is -3.52. The van der Waals surface area contributed by atoms with Crippen LogP contribution < -0.4 is 11.5 Å². The fraction of sp³-hybridized carbons (Fsp3) is 0.412. The van der Waals surface area contributed by atoms with Crippen molar-refractivity contribution in [3.05, 3.63) is 28.8 Å². The lowest BCUT2D eigenvalue weighted by Gasteiger charge is -2.12. The number of sulfone groups is 1. The molecule has 1 aromatic rings. The number of carbonyl (C=O) groups excluding carboxylic acids is 1. The number of carbonyl (C=O) groups is 1. The van der Waals surface area contributed by atoms with Crippen molar-refractivity contribution in [3.8, 4) is 12.3 Å². The molecule has 0 aliphatic heterocycles. The molecule has 1 rings (SSSR count). The van der Waals surface area contributed by atoms with Gasteiger partial charge in [0.05, 0.1) is 10.5 Å². The fourth-order valence-electron chi connectivity index (χ4n) is 2.38. The number of aliphatic imine (C=N–C) groups is 1. The zero-order chi connectivity index (χ0) is 18.3. The van der Waals surface area contributed by atoms with E-state index in [1.165, 1.54) is 6.07 Å². The van der Waals surface area contributed by atoms with Gasteiger partial charge >= 0.3 is 0 Å². The van der Waals surface area contributed by atoms with Crippen molar-refractivity contribution in [2.45, 2.75) is 43.9 Å². The second kappa shape index (κ2) is 8.50. The molecule has 0 heterocycles. The lowest BCUT2D eigenvalue weighted by Crippen LogP contribution is -2.24. The molecule has 6 nitrogen and oxygen atoms in total. The lowest BCUT2D eigenvalue weighted by atomic mass is 9.99. The average Bonchev–Trinajstić information content (AvgIpc) is 2.49. The summed E-state index contributed by atoms with van der Waals surface area (Å²) in [6, 6.07) is 2.84. The summed E-state index contributed by atoms with van der Waals surface area (Å²) in [5.41, 5.74) is 11.3. The number of terminal acetylenes is 1. The van der Waals surface area contributed by atoms with Crippen LogP contribution in [0.4, 0.5) is 0 Å². The summed E-state index contributed by atoms with van der Waals surface area (Å²) in [5, 5.41) is 0. The molecule has 4 N–H and O–H groups in total.